The molecule has 0 bridgehead atoms. The summed E-state index contributed by atoms with van der Waals surface area (Å²) in [5.74, 6) is -8.10. The number of esters is 2. The van der Waals surface area contributed by atoms with Crippen molar-refractivity contribution in [3.05, 3.63) is 29.8 Å². The van der Waals surface area contributed by atoms with Crippen molar-refractivity contribution in [2.75, 3.05) is 33.5 Å². The molecule has 8 amide bonds. The van der Waals surface area contributed by atoms with E-state index in [4.69, 9.17) is 14.2 Å². The molecule has 0 spiro atoms. The summed E-state index contributed by atoms with van der Waals surface area (Å²) in [6.45, 7) is 17.2. The third-order valence-electron chi connectivity index (χ3n) is 16.4. The van der Waals surface area contributed by atoms with Crippen molar-refractivity contribution in [3.8, 4) is 5.75 Å². The third kappa shape index (κ3) is 17.5. The standard InChI is InChI=1S/C59H92N8O14S/c1-14-34(8)48-44(68)29-47(70)81-52(33(6)7)51(71)35(9)53(72)60-39(26-31(2)3)56(75)67-25-17-18-41(67)57(76)66(12)43(28-37-21-23-38(79-13)24-22-37)58(77)80-36(10)49(55(74)62-48)63-54(73)42(27-32(4)5)65(11)46(69)20-16-15-19-45-50-40(30-82-45)61-59(78)64-50/h21-24,31-36,39-45,48-50,52,68H,14-20,25-30H2,1-13H3,(H,60,72)(H,62,74)(H,63,73)(H2,61,64,78)/t34-,35-,36+,39-,40?,41-,42+,43-,44-,45?,48?,49-,50?,52-/m0/s1. The van der Waals surface area contributed by atoms with E-state index in [2.05, 4.69) is 26.6 Å². The number of Topliss-reactive ketones (excluding diaryl/α,β-unsaturated/α-hetero) is 1. The van der Waals surface area contributed by atoms with Gasteiger partial charge in [-0.1, -0.05) is 80.4 Å². The monoisotopic (exact) mass is 1170 g/mol. The molecule has 4 unspecified atom stereocenters. The number of ether oxygens (including phenoxy) is 3. The molecule has 23 heteroatoms. The van der Waals surface area contributed by atoms with Crippen LogP contribution in [0.15, 0.2) is 24.3 Å². The lowest BCUT2D eigenvalue weighted by atomic mass is 9.91. The van der Waals surface area contributed by atoms with Crippen LogP contribution >= 0.6 is 11.8 Å². The summed E-state index contributed by atoms with van der Waals surface area (Å²) in [5.41, 5.74) is 0.594. The van der Waals surface area contributed by atoms with Gasteiger partial charge < -0.3 is 60.6 Å². The van der Waals surface area contributed by atoms with Gasteiger partial charge in [0.15, 0.2) is 11.9 Å². The topological polar surface area (TPSA) is 288 Å². The van der Waals surface area contributed by atoms with E-state index in [0.717, 1.165) is 12.2 Å². The number of cyclic esters (lactones) is 2. The summed E-state index contributed by atoms with van der Waals surface area (Å²) >= 11 is 1.78. The van der Waals surface area contributed by atoms with Crippen LogP contribution in [0.4, 0.5) is 4.79 Å². The van der Waals surface area contributed by atoms with Crippen LogP contribution in [-0.4, -0.2) is 184 Å². The van der Waals surface area contributed by atoms with Crippen LogP contribution in [-0.2, 0) is 59.0 Å². The molecule has 0 aromatic heterocycles. The molecule has 458 valence electrons. The molecule has 4 heterocycles. The number of urea groups is 1. The maximum absolute atomic E-state index is 15.0. The average Bonchev–Trinajstić information content (AvgIpc) is 4.22. The summed E-state index contributed by atoms with van der Waals surface area (Å²) in [7, 11) is 4.45. The van der Waals surface area contributed by atoms with Crippen molar-refractivity contribution >= 4 is 71.0 Å². The van der Waals surface area contributed by atoms with Crippen LogP contribution in [0.2, 0.25) is 0 Å². The maximum atomic E-state index is 15.0. The molecule has 0 radical (unpaired) electrons. The van der Waals surface area contributed by atoms with E-state index in [0.29, 0.717) is 37.0 Å². The predicted octanol–water partition coefficient (Wildman–Crippen LogP) is 3.67. The lowest BCUT2D eigenvalue weighted by molar-refractivity contribution is -0.163. The Hall–Kier alpha value is -5.97. The minimum Gasteiger partial charge on any atom is -0.497 e. The lowest BCUT2D eigenvalue weighted by Gasteiger charge is -2.36. The fourth-order valence-electron chi connectivity index (χ4n) is 11.2. The summed E-state index contributed by atoms with van der Waals surface area (Å²) < 4.78 is 17.3. The first kappa shape index (κ1) is 66.8. The molecular weight excluding hydrogens is 1080 g/mol. The van der Waals surface area contributed by atoms with Crippen molar-refractivity contribution in [3.63, 3.8) is 0 Å². The fourth-order valence-corrected chi connectivity index (χ4v) is 12.8. The number of hydrogen-bond donors (Lipinski definition) is 6. The number of amides is 8. The quantitative estimate of drug-likeness (QED) is 0.0529. The van der Waals surface area contributed by atoms with Crippen LogP contribution in [0.25, 0.3) is 0 Å². The summed E-state index contributed by atoms with van der Waals surface area (Å²) in [4.78, 5) is 146. The molecule has 1 aromatic carbocycles. The molecule has 6 N–H and O–H groups in total. The van der Waals surface area contributed by atoms with Gasteiger partial charge in [-0.3, -0.25) is 38.4 Å². The number of benzene rings is 1. The summed E-state index contributed by atoms with van der Waals surface area (Å²) in [5, 5.41) is 26.4. The average molecular weight is 1170 g/mol. The van der Waals surface area contributed by atoms with Crippen LogP contribution in [0, 0.1) is 29.6 Å². The number of nitrogens with one attached hydrogen (secondary N) is 5. The van der Waals surface area contributed by atoms with Crippen LogP contribution in [0.1, 0.15) is 139 Å². The van der Waals surface area contributed by atoms with Crippen molar-refractivity contribution in [2.45, 2.75) is 212 Å². The van der Waals surface area contributed by atoms with Gasteiger partial charge in [-0.15, -0.1) is 0 Å². The van der Waals surface area contributed by atoms with Crippen molar-refractivity contribution in [1.82, 2.24) is 41.3 Å². The van der Waals surface area contributed by atoms with Crippen LogP contribution in [0.3, 0.4) is 0 Å². The van der Waals surface area contributed by atoms with E-state index >= 15 is 4.79 Å². The second kappa shape index (κ2) is 30.5. The number of likely N-dealkylation sites (N-methyl/N-ethyl adjacent to an activating group) is 2. The normalized spacial score (nSPS) is 29.0. The van der Waals surface area contributed by atoms with E-state index in [-0.39, 0.29) is 79.8 Å². The van der Waals surface area contributed by atoms with Gasteiger partial charge in [-0.05, 0) is 93.7 Å². The van der Waals surface area contributed by atoms with E-state index in [9.17, 15) is 48.3 Å². The Balaban J connectivity index is 1.54. The van der Waals surface area contributed by atoms with Gasteiger partial charge in [-0.25, -0.2) is 9.59 Å². The first-order valence-electron chi connectivity index (χ1n) is 29.3. The Kier molecular flexibility index (Phi) is 24.9. The van der Waals surface area contributed by atoms with Gasteiger partial charge in [0.05, 0.1) is 43.7 Å². The van der Waals surface area contributed by atoms with Crippen molar-refractivity contribution in [2.24, 2.45) is 29.6 Å². The Morgan fingerprint density at radius 1 is 0.890 bits per heavy atom. The highest BCUT2D eigenvalue weighted by atomic mass is 32.2. The SMILES string of the molecule is CC[C@H](C)C1NC(=O)[C@@H](NC(=O)[C@@H](CC(C)C)N(C)C(=O)CCCCC2SCC3NC(=O)NC32)[C@@H](C)OC(=O)[C@H](Cc2ccc(OC)cc2)N(C)C(=O)[C@@H]2CCCN2C(=O)[C@H](CC(C)C)NC(=O)[C@@H](C)C(=O)[C@H](C(C)C)OC(=O)C[C@@H]1O. The molecule has 4 saturated heterocycles. The molecule has 14 atom stereocenters. The molecule has 4 fully saturated rings. The summed E-state index contributed by atoms with van der Waals surface area (Å²) in [6.07, 6.45) is -1.90. The number of nitrogens with zero attached hydrogens (tertiary/aromatic N) is 3. The second-order valence-corrected chi connectivity index (χ2v) is 25.3. The lowest BCUT2D eigenvalue weighted by Crippen LogP contribution is -2.61. The van der Waals surface area contributed by atoms with Gasteiger partial charge in [0.25, 0.3) is 0 Å². The van der Waals surface area contributed by atoms with Gasteiger partial charge in [0.1, 0.15) is 42.1 Å². The van der Waals surface area contributed by atoms with E-state index < -0.39 is 126 Å². The molecule has 1 aromatic rings. The van der Waals surface area contributed by atoms with Gasteiger partial charge >= 0.3 is 18.0 Å². The zero-order chi connectivity index (χ0) is 60.9. The maximum Gasteiger partial charge on any atom is 0.329 e. The Labute approximate surface area is 488 Å². The van der Waals surface area contributed by atoms with E-state index in [1.165, 1.54) is 49.8 Å². The zero-order valence-corrected chi connectivity index (χ0v) is 51.1. The molecule has 82 heavy (non-hydrogen) atoms. The molecule has 4 aliphatic rings. The van der Waals surface area contributed by atoms with Gasteiger partial charge in [-0.2, -0.15) is 11.8 Å². The highest BCUT2D eigenvalue weighted by Crippen LogP contribution is 2.34. The zero-order valence-electron chi connectivity index (χ0n) is 50.3. The second-order valence-electron chi connectivity index (χ2n) is 24.0. The number of carbonyl (C=O) groups is 10. The molecular formula is C59H92N8O14S. The first-order chi connectivity index (χ1) is 38.7. The molecule has 22 nitrogen and oxygen atoms in total. The minimum absolute atomic E-state index is 0.0194. The molecule has 5 rings (SSSR count). The van der Waals surface area contributed by atoms with Gasteiger partial charge in [0.2, 0.25) is 35.4 Å². The number of hydrogen-bond acceptors (Lipinski definition) is 15. The number of carbonyl (C=O) groups excluding carboxylic acids is 10. The Bertz CT molecular complexity index is 2430. The molecule has 0 aliphatic carbocycles. The van der Waals surface area contributed by atoms with E-state index in [1.54, 1.807) is 63.7 Å². The predicted molar refractivity (Wildman–Crippen MR) is 308 cm³/mol. The first-order valence-corrected chi connectivity index (χ1v) is 30.4. The Morgan fingerprint density at radius 3 is 2.20 bits per heavy atom. The Morgan fingerprint density at radius 2 is 1.57 bits per heavy atom. The highest BCUT2D eigenvalue weighted by Gasteiger charge is 2.46. The fraction of sp³-hybridized carbons (Fsp3) is 0.729. The van der Waals surface area contributed by atoms with E-state index in [1.807, 2.05) is 27.7 Å². The largest absolute Gasteiger partial charge is 0.497 e. The van der Waals surface area contributed by atoms with Crippen molar-refractivity contribution < 1.29 is 67.3 Å². The molecule has 4 aliphatic heterocycles. The minimum atomic E-state index is -1.70. The number of aliphatic hydroxyl groups excluding tert-OH is 1. The number of ketones is 1. The number of methoxy groups -OCH3 is 1. The third-order valence-corrected chi connectivity index (χ3v) is 17.9. The number of thioether (sulfide) groups is 1. The van der Waals surface area contributed by atoms with Crippen LogP contribution in [0.5, 0.6) is 5.75 Å². The number of fused-ring (bicyclic) bond motifs is 2. The number of unbranched alkanes of at least 4 members (excludes halogenated alkanes) is 1. The van der Waals surface area contributed by atoms with Crippen molar-refractivity contribution in [1.29, 1.82) is 0 Å². The smallest absolute Gasteiger partial charge is 0.329 e. The summed E-state index contributed by atoms with van der Waals surface area (Å²) in [6, 6.07) is -0.891. The highest BCUT2D eigenvalue weighted by molar-refractivity contribution is 8.00. The number of rotatable bonds is 18. The number of aliphatic hydroxyl groups is 1. The van der Waals surface area contributed by atoms with Gasteiger partial charge in [0, 0.05) is 44.5 Å². The van der Waals surface area contributed by atoms with Crippen LogP contribution < -0.4 is 31.3 Å². The molecule has 0 saturated carbocycles.